The average molecular weight is 428 g/mol. The van der Waals surface area contributed by atoms with Gasteiger partial charge in [-0.25, -0.2) is 4.79 Å². The van der Waals surface area contributed by atoms with E-state index in [0.717, 1.165) is 25.2 Å². The summed E-state index contributed by atoms with van der Waals surface area (Å²) in [7, 11) is 0. The molecule has 1 aliphatic heterocycles. The highest BCUT2D eigenvalue weighted by molar-refractivity contribution is 6.31. The summed E-state index contributed by atoms with van der Waals surface area (Å²) in [5.41, 5.74) is 3.47. The van der Waals surface area contributed by atoms with E-state index in [0.29, 0.717) is 22.7 Å². The summed E-state index contributed by atoms with van der Waals surface area (Å²) in [5.74, 6) is -0.579. The number of aromatic nitrogens is 1. The Labute approximate surface area is 180 Å². The molecule has 0 radical (unpaired) electrons. The lowest BCUT2D eigenvalue weighted by atomic mass is 10.0. The number of nitrogens with zero attached hydrogens (tertiary/aromatic N) is 2. The molecule has 1 aliphatic rings. The number of piperidine rings is 1. The van der Waals surface area contributed by atoms with E-state index >= 15 is 0 Å². The quantitative estimate of drug-likeness (QED) is 0.620. The van der Waals surface area contributed by atoms with E-state index in [-0.39, 0.29) is 18.9 Å². The first kappa shape index (κ1) is 20.7. The smallest absolute Gasteiger partial charge is 0.408 e. The molecule has 0 spiro atoms. The van der Waals surface area contributed by atoms with Gasteiger partial charge in [-0.2, -0.15) is 0 Å². The predicted octanol–water partition coefficient (Wildman–Crippen LogP) is 3.94. The second-order valence-corrected chi connectivity index (χ2v) is 8.20. The molecule has 0 unspecified atom stereocenters. The number of fused-ring (bicyclic) bond motifs is 1. The van der Waals surface area contributed by atoms with Crippen LogP contribution in [0.15, 0.2) is 51.7 Å². The number of hydrogen-bond donors (Lipinski definition) is 1. The molecule has 7 heteroatoms. The fraction of sp³-hybridized carbons (Fsp3) is 0.391. The first-order chi connectivity index (χ1) is 14.6. The molecule has 4 rings (SSSR count). The van der Waals surface area contributed by atoms with Crippen LogP contribution < -0.4 is 11.1 Å². The predicted molar refractivity (Wildman–Crippen MR) is 118 cm³/mol. The van der Waals surface area contributed by atoms with Crippen molar-refractivity contribution >= 4 is 28.6 Å². The van der Waals surface area contributed by atoms with Gasteiger partial charge >= 0.3 is 5.76 Å². The maximum absolute atomic E-state index is 12.4. The van der Waals surface area contributed by atoms with Crippen LogP contribution in [0, 0.1) is 0 Å². The van der Waals surface area contributed by atoms with Crippen LogP contribution in [-0.2, 0) is 24.4 Å². The number of rotatable bonds is 7. The Hall–Kier alpha value is -2.57. The molecule has 3 aromatic rings. The van der Waals surface area contributed by atoms with Crippen molar-refractivity contribution in [3.05, 3.63) is 69.2 Å². The van der Waals surface area contributed by atoms with Gasteiger partial charge in [0.15, 0.2) is 5.58 Å². The molecule has 1 N–H and O–H groups in total. The Morgan fingerprint density at radius 1 is 1.07 bits per heavy atom. The second-order valence-electron chi connectivity index (χ2n) is 7.76. The van der Waals surface area contributed by atoms with Gasteiger partial charge in [0.1, 0.15) is 0 Å². The Kier molecular flexibility index (Phi) is 6.55. The van der Waals surface area contributed by atoms with Crippen LogP contribution in [0.5, 0.6) is 0 Å². The molecule has 2 heterocycles. The van der Waals surface area contributed by atoms with Crippen LogP contribution in [0.4, 0.5) is 0 Å². The van der Waals surface area contributed by atoms with Gasteiger partial charge in [0.25, 0.3) is 0 Å². The molecule has 1 aromatic heterocycles. The highest BCUT2D eigenvalue weighted by atomic mass is 35.5. The molecular weight excluding hydrogens is 402 g/mol. The molecule has 0 atom stereocenters. The highest BCUT2D eigenvalue weighted by Crippen LogP contribution is 2.19. The molecular formula is C23H26ClN3O3. The third-order valence-electron chi connectivity index (χ3n) is 5.63. The van der Waals surface area contributed by atoms with Crippen molar-refractivity contribution in [2.75, 3.05) is 13.1 Å². The van der Waals surface area contributed by atoms with Gasteiger partial charge in [0.2, 0.25) is 5.91 Å². The zero-order valence-electron chi connectivity index (χ0n) is 16.9. The number of halogens is 1. The Bertz CT molecular complexity index is 1080. The monoisotopic (exact) mass is 427 g/mol. The highest BCUT2D eigenvalue weighted by Gasteiger charge is 2.14. The van der Waals surface area contributed by atoms with Crippen LogP contribution in [0.2, 0.25) is 5.02 Å². The molecule has 0 saturated carbocycles. The Morgan fingerprint density at radius 3 is 2.63 bits per heavy atom. The number of aryl methyl sites for hydroxylation is 1. The normalized spacial score (nSPS) is 14.8. The molecule has 1 fully saturated rings. The van der Waals surface area contributed by atoms with Gasteiger partial charge in [0, 0.05) is 37.1 Å². The first-order valence-electron chi connectivity index (χ1n) is 10.4. The number of oxazole rings is 1. The van der Waals surface area contributed by atoms with Crippen molar-refractivity contribution in [3.63, 3.8) is 0 Å². The standard InChI is InChI=1S/C23H26ClN3O3/c24-19-8-9-20-21(14-19)30-23(29)27(20)13-10-22(28)25-15-17-6-2-3-7-18(17)16-26-11-4-1-5-12-26/h2-3,6-9,14H,1,4-5,10-13,15-16H2,(H,25,28). The molecule has 6 nitrogen and oxygen atoms in total. The van der Waals surface area contributed by atoms with Gasteiger partial charge in [-0.3, -0.25) is 14.3 Å². The van der Waals surface area contributed by atoms with Crippen molar-refractivity contribution in [2.24, 2.45) is 0 Å². The SMILES string of the molecule is O=C(CCn1c(=O)oc2cc(Cl)ccc21)NCc1ccccc1CN1CCCCC1. The zero-order valence-corrected chi connectivity index (χ0v) is 17.7. The minimum Gasteiger partial charge on any atom is -0.408 e. The van der Waals surface area contributed by atoms with Crippen LogP contribution in [-0.4, -0.2) is 28.5 Å². The van der Waals surface area contributed by atoms with Crippen molar-refractivity contribution in [1.82, 2.24) is 14.8 Å². The fourth-order valence-corrected chi connectivity index (χ4v) is 4.15. The number of nitrogens with one attached hydrogen (secondary N) is 1. The summed E-state index contributed by atoms with van der Waals surface area (Å²) in [4.78, 5) is 27.0. The number of hydrogen-bond acceptors (Lipinski definition) is 4. The number of carbonyl (C=O) groups is 1. The first-order valence-corrected chi connectivity index (χ1v) is 10.8. The van der Waals surface area contributed by atoms with E-state index in [9.17, 15) is 9.59 Å². The van der Waals surface area contributed by atoms with E-state index in [4.69, 9.17) is 16.0 Å². The summed E-state index contributed by atoms with van der Waals surface area (Å²) >= 11 is 5.94. The summed E-state index contributed by atoms with van der Waals surface area (Å²) in [6.45, 7) is 3.94. The fourth-order valence-electron chi connectivity index (χ4n) is 3.99. The average Bonchev–Trinajstić information content (AvgIpc) is 3.06. The van der Waals surface area contributed by atoms with E-state index in [1.54, 1.807) is 18.2 Å². The van der Waals surface area contributed by atoms with Gasteiger partial charge < -0.3 is 9.73 Å². The molecule has 30 heavy (non-hydrogen) atoms. The third-order valence-corrected chi connectivity index (χ3v) is 5.86. The van der Waals surface area contributed by atoms with Crippen molar-refractivity contribution < 1.29 is 9.21 Å². The Balaban J connectivity index is 1.34. The van der Waals surface area contributed by atoms with Crippen LogP contribution in [0.3, 0.4) is 0 Å². The van der Waals surface area contributed by atoms with E-state index in [1.165, 1.54) is 29.4 Å². The summed E-state index contributed by atoms with van der Waals surface area (Å²) in [5, 5.41) is 3.50. The van der Waals surface area contributed by atoms with E-state index in [1.807, 2.05) is 12.1 Å². The lowest BCUT2D eigenvalue weighted by molar-refractivity contribution is -0.121. The lowest BCUT2D eigenvalue weighted by Gasteiger charge is -2.27. The van der Waals surface area contributed by atoms with Gasteiger partial charge in [-0.15, -0.1) is 0 Å². The molecule has 1 saturated heterocycles. The second kappa shape index (κ2) is 9.49. The summed E-state index contributed by atoms with van der Waals surface area (Å²) in [6.07, 6.45) is 4.03. The number of likely N-dealkylation sites (tertiary alicyclic amines) is 1. The number of carbonyl (C=O) groups excluding carboxylic acids is 1. The van der Waals surface area contributed by atoms with Gasteiger partial charge in [-0.1, -0.05) is 42.3 Å². The lowest BCUT2D eigenvalue weighted by Crippen LogP contribution is -2.30. The third kappa shape index (κ3) is 4.94. The zero-order chi connectivity index (χ0) is 20.9. The van der Waals surface area contributed by atoms with E-state index < -0.39 is 5.76 Å². The minimum atomic E-state index is -0.480. The molecule has 158 valence electrons. The number of amides is 1. The van der Waals surface area contributed by atoms with Crippen LogP contribution in [0.1, 0.15) is 36.8 Å². The largest absolute Gasteiger partial charge is 0.419 e. The molecule has 1 amide bonds. The maximum Gasteiger partial charge on any atom is 0.419 e. The van der Waals surface area contributed by atoms with Gasteiger partial charge in [0.05, 0.1) is 5.52 Å². The van der Waals surface area contributed by atoms with E-state index in [2.05, 4.69) is 22.3 Å². The van der Waals surface area contributed by atoms with Crippen molar-refractivity contribution in [1.29, 1.82) is 0 Å². The molecule has 0 aliphatic carbocycles. The van der Waals surface area contributed by atoms with Gasteiger partial charge in [-0.05, 0) is 49.2 Å². The summed E-state index contributed by atoms with van der Waals surface area (Å²) < 4.78 is 6.68. The van der Waals surface area contributed by atoms with Crippen LogP contribution in [0.25, 0.3) is 11.1 Å². The Morgan fingerprint density at radius 2 is 1.83 bits per heavy atom. The maximum atomic E-state index is 12.4. The molecule has 2 aromatic carbocycles. The minimum absolute atomic E-state index is 0.0991. The van der Waals surface area contributed by atoms with Crippen molar-refractivity contribution in [2.45, 2.75) is 45.3 Å². The molecule has 0 bridgehead atoms. The summed E-state index contributed by atoms with van der Waals surface area (Å²) in [6, 6.07) is 13.3. The van der Waals surface area contributed by atoms with Crippen molar-refractivity contribution in [3.8, 4) is 0 Å². The number of benzene rings is 2. The topological polar surface area (TPSA) is 67.5 Å². The van der Waals surface area contributed by atoms with Crippen LogP contribution >= 0.6 is 11.6 Å².